The summed E-state index contributed by atoms with van der Waals surface area (Å²) in [4.78, 5) is 0. The summed E-state index contributed by atoms with van der Waals surface area (Å²) in [6.07, 6.45) is 3.14. The second kappa shape index (κ2) is 5.13. The molecule has 1 aromatic carbocycles. The number of benzene rings is 1. The van der Waals surface area contributed by atoms with Crippen LogP contribution in [-0.4, -0.2) is 25.1 Å². The van der Waals surface area contributed by atoms with Crippen molar-refractivity contribution in [2.75, 3.05) is 20.6 Å². The molecule has 0 unspecified atom stereocenters. The molecule has 0 amide bonds. The van der Waals surface area contributed by atoms with Crippen LogP contribution >= 0.6 is 0 Å². The zero-order chi connectivity index (χ0) is 11.3. The van der Waals surface area contributed by atoms with Crippen molar-refractivity contribution in [1.82, 2.24) is 0 Å². The van der Waals surface area contributed by atoms with E-state index in [4.69, 9.17) is 0 Å². The van der Waals surface area contributed by atoms with Crippen LogP contribution in [0.15, 0.2) is 30.8 Å². The molecular weight excluding hydrogens is 182 g/mol. The quantitative estimate of drug-likeness (QED) is 0.645. The molecule has 0 atom stereocenters. The Morgan fingerprint density at radius 1 is 1.33 bits per heavy atom. The Labute approximate surface area is 93.6 Å². The van der Waals surface area contributed by atoms with Crippen LogP contribution in [0, 0.1) is 0 Å². The van der Waals surface area contributed by atoms with Crippen LogP contribution in [0.25, 0.3) is 6.08 Å². The molecule has 1 aromatic rings. The Morgan fingerprint density at radius 2 is 2.07 bits per heavy atom. The SMILES string of the molecule is C=Cc1cccc(C[N+](C)(C)CCC)c1. The summed E-state index contributed by atoms with van der Waals surface area (Å²) < 4.78 is 1.05. The van der Waals surface area contributed by atoms with Crippen LogP contribution in [-0.2, 0) is 6.54 Å². The average molecular weight is 204 g/mol. The predicted molar refractivity (Wildman–Crippen MR) is 67.5 cm³/mol. The standard InChI is InChI=1S/C14H22N/c1-5-10-15(3,4)12-14-9-7-8-13(6-2)11-14/h6-9,11H,2,5,10,12H2,1,3-4H3/q+1. The molecule has 1 rings (SSSR count). The van der Waals surface area contributed by atoms with E-state index in [0.717, 1.165) is 11.0 Å². The summed E-state index contributed by atoms with van der Waals surface area (Å²) in [6.45, 7) is 8.35. The van der Waals surface area contributed by atoms with E-state index in [1.165, 1.54) is 24.1 Å². The number of hydrogen-bond donors (Lipinski definition) is 0. The van der Waals surface area contributed by atoms with Gasteiger partial charge >= 0.3 is 0 Å². The lowest BCUT2D eigenvalue weighted by Crippen LogP contribution is -2.39. The molecule has 0 aliphatic heterocycles. The molecule has 0 saturated heterocycles. The van der Waals surface area contributed by atoms with E-state index in [9.17, 15) is 0 Å². The molecule has 0 aliphatic carbocycles. The van der Waals surface area contributed by atoms with Crippen LogP contribution in [0.2, 0.25) is 0 Å². The summed E-state index contributed by atoms with van der Waals surface area (Å²) >= 11 is 0. The van der Waals surface area contributed by atoms with Gasteiger partial charge in [-0.05, 0) is 18.1 Å². The highest BCUT2D eigenvalue weighted by atomic mass is 15.3. The van der Waals surface area contributed by atoms with Gasteiger partial charge in [0.15, 0.2) is 0 Å². The first-order valence-corrected chi connectivity index (χ1v) is 5.61. The lowest BCUT2D eigenvalue weighted by molar-refractivity contribution is -0.903. The first-order valence-electron chi connectivity index (χ1n) is 5.61. The molecule has 0 fully saturated rings. The van der Waals surface area contributed by atoms with Crippen LogP contribution in [0.4, 0.5) is 0 Å². The van der Waals surface area contributed by atoms with E-state index < -0.39 is 0 Å². The van der Waals surface area contributed by atoms with Crippen molar-refractivity contribution < 1.29 is 4.48 Å². The molecule has 15 heavy (non-hydrogen) atoms. The van der Waals surface area contributed by atoms with E-state index in [-0.39, 0.29) is 0 Å². The maximum absolute atomic E-state index is 3.80. The maximum atomic E-state index is 3.80. The summed E-state index contributed by atoms with van der Waals surface area (Å²) in [5.74, 6) is 0. The fourth-order valence-corrected chi connectivity index (χ4v) is 2.00. The highest BCUT2D eigenvalue weighted by molar-refractivity contribution is 5.47. The van der Waals surface area contributed by atoms with Crippen LogP contribution in [0.1, 0.15) is 24.5 Å². The highest BCUT2D eigenvalue weighted by Gasteiger charge is 2.13. The zero-order valence-corrected chi connectivity index (χ0v) is 10.2. The summed E-state index contributed by atoms with van der Waals surface area (Å²) in [5, 5.41) is 0. The molecule has 1 heteroatoms. The van der Waals surface area contributed by atoms with Crippen LogP contribution < -0.4 is 0 Å². The van der Waals surface area contributed by atoms with Crippen LogP contribution in [0.3, 0.4) is 0 Å². The van der Waals surface area contributed by atoms with Crippen LogP contribution in [0.5, 0.6) is 0 Å². The Hall–Kier alpha value is -1.08. The Bertz CT molecular complexity index is 326. The molecular formula is C14H22N+. The lowest BCUT2D eigenvalue weighted by atomic mass is 10.1. The van der Waals surface area contributed by atoms with Crippen molar-refractivity contribution in [2.45, 2.75) is 19.9 Å². The molecule has 0 aliphatic rings. The minimum atomic E-state index is 1.05. The second-order valence-corrected chi connectivity index (χ2v) is 4.77. The maximum Gasteiger partial charge on any atom is 0.104 e. The smallest absolute Gasteiger partial charge is 0.104 e. The topological polar surface area (TPSA) is 0 Å². The monoisotopic (exact) mass is 204 g/mol. The molecule has 0 saturated carbocycles. The van der Waals surface area contributed by atoms with Crippen molar-refractivity contribution in [1.29, 1.82) is 0 Å². The molecule has 0 spiro atoms. The van der Waals surface area contributed by atoms with Gasteiger partial charge in [-0.1, -0.05) is 37.8 Å². The third-order valence-corrected chi connectivity index (χ3v) is 2.63. The molecule has 0 radical (unpaired) electrons. The molecule has 82 valence electrons. The normalized spacial score (nSPS) is 11.4. The van der Waals surface area contributed by atoms with Crippen molar-refractivity contribution in [3.63, 3.8) is 0 Å². The van der Waals surface area contributed by atoms with Gasteiger partial charge in [0.2, 0.25) is 0 Å². The summed E-state index contributed by atoms with van der Waals surface area (Å²) in [5.41, 5.74) is 2.61. The van der Waals surface area contributed by atoms with E-state index in [1.54, 1.807) is 0 Å². The Balaban J connectivity index is 2.75. The summed E-state index contributed by atoms with van der Waals surface area (Å²) in [7, 11) is 4.56. The van der Waals surface area contributed by atoms with Gasteiger partial charge in [-0.15, -0.1) is 0 Å². The van der Waals surface area contributed by atoms with E-state index in [1.807, 2.05) is 6.08 Å². The number of rotatable bonds is 5. The average Bonchev–Trinajstić information content (AvgIpc) is 2.17. The Kier molecular flexibility index (Phi) is 4.10. The predicted octanol–water partition coefficient (Wildman–Crippen LogP) is 3.32. The fourth-order valence-electron chi connectivity index (χ4n) is 2.00. The first kappa shape index (κ1) is 12.0. The highest BCUT2D eigenvalue weighted by Crippen LogP contribution is 2.12. The van der Waals surface area contributed by atoms with Crippen molar-refractivity contribution in [3.05, 3.63) is 42.0 Å². The van der Waals surface area contributed by atoms with Crippen molar-refractivity contribution in [2.24, 2.45) is 0 Å². The minimum absolute atomic E-state index is 1.05. The van der Waals surface area contributed by atoms with Gasteiger partial charge < -0.3 is 4.48 Å². The summed E-state index contributed by atoms with van der Waals surface area (Å²) in [6, 6.07) is 8.62. The van der Waals surface area contributed by atoms with Crippen molar-refractivity contribution in [3.8, 4) is 0 Å². The number of nitrogens with zero attached hydrogens (tertiary/aromatic N) is 1. The van der Waals surface area contributed by atoms with E-state index in [2.05, 4.69) is 51.9 Å². The van der Waals surface area contributed by atoms with Gasteiger partial charge in [0, 0.05) is 5.56 Å². The fraction of sp³-hybridized carbons (Fsp3) is 0.429. The van der Waals surface area contributed by atoms with E-state index >= 15 is 0 Å². The molecule has 0 aromatic heterocycles. The van der Waals surface area contributed by atoms with Gasteiger partial charge in [-0.2, -0.15) is 0 Å². The largest absolute Gasteiger partial charge is 0.325 e. The van der Waals surface area contributed by atoms with Gasteiger partial charge in [-0.25, -0.2) is 0 Å². The van der Waals surface area contributed by atoms with Gasteiger partial charge in [0.25, 0.3) is 0 Å². The van der Waals surface area contributed by atoms with Gasteiger partial charge in [-0.3, -0.25) is 0 Å². The van der Waals surface area contributed by atoms with E-state index in [0.29, 0.717) is 0 Å². The number of hydrogen-bond acceptors (Lipinski definition) is 0. The third-order valence-electron chi connectivity index (χ3n) is 2.63. The minimum Gasteiger partial charge on any atom is -0.325 e. The molecule has 1 nitrogen and oxygen atoms in total. The Morgan fingerprint density at radius 3 is 2.67 bits per heavy atom. The molecule has 0 N–H and O–H groups in total. The number of quaternary nitrogens is 1. The lowest BCUT2D eigenvalue weighted by Gasteiger charge is -2.29. The first-order chi connectivity index (χ1) is 7.07. The second-order valence-electron chi connectivity index (χ2n) is 4.77. The third kappa shape index (κ3) is 3.88. The van der Waals surface area contributed by atoms with Gasteiger partial charge in [0.1, 0.15) is 6.54 Å². The van der Waals surface area contributed by atoms with Crippen molar-refractivity contribution >= 4 is 6.08 Å². The zero-order valence-electron chi connectivity index (χ0n) is 10.2. The van der Waals surface area contributed by atoms with Gasteiger partial charge in [0.05, 0.1) is 20.6 Å². The molecule has 0 bridgehead atoms. The molecule has 0 heterocycles.